The zero-order chi connectivity index (χ0) is 15.6. The fourth-order valence-corrected chi connectivity index (χ4v) is 3.09. The fraction of sp³-hybridized carbons (Fsp3) is 0.867. The van der Waals surface area contributed by atoms with Crippen molar-refractivity contribution >= 4 is 12.0 Å². The van der Waals surface area contributed by atoms with Crippen LogP contribution >= 0.6 is 0 Å². The van der Waals surface area contributed by atoms with Crippen molar-refractivity contribution in [3.8, 4) is 0 Å². The average molecular weight is 297 g/mol. The molecule has 2 aliphatic heterocycles. The highest BCUT2D eigenvalue weighted by Gasteiger charge is 2.34. The number of nitrogens with two attached hydrogens (primary N) is 1. The van der Waals surface area contributed by atoms with Crippen molar-refractivity contribution in [1.82, 2.24) is 9.80 Å². The lowest BCUT2D eigenvalue weighted by atomic mass is 10.0. The molecule has 2 rings (SSSR count). The Labute approximate surface area is 126 Å². The van der Waals surface area contributed by atoms with Crippen LogP contribution in [0.3, 0.4) is 0 Å². The summed E-state index contributed by atoms with van der Waals surface area (Å²) in [6, 6.07) is 0.452. The number of nitrogens with zero attached hydrogens (tertiary/aromatic N) is 2. The summed E-state index contributed by atoms with van der Waals surface area (Å²) in [5, 5.41) is 0. The van der Waals surface area contributed by atoms with Gasteiger partial charge in [0.05, 0.1) is 5.92 Å². The average Bonchev–Trinajstić information content (AvgIpc) is 2.86. The van der Waals surface area contributed by atoms with Crippen molar-refractivity contribution in [1.29, 1.82) is 0 Å². The van der Waals surface area contributed by atoms with Gasteiger partial charge in [0, 0.05) is 25.7 Å². The number of hydrogen-bond acceptors (Lipinski definition) is 4. The molecule has 6 heteroatoms. The number of primary amides is 1. The number of carbonyl (C=O) groups is 2. The maximum absolute atomic E-state index is 12.0. The highest BCUT2D eigenvalue weighted by atomic mass is 16.6. The van der Waals surface area contributed by atoms with Gasteiger partial charge in [-0.2, -0.15) is 0 Å². The normalized spacial score (nSPS) is 25.1. The van der Waals surface area contributed by atoms with Crippen molar-refractivity contribution in [2.45, 2.75) is 51.7 Å². The first-order valence-electron chi connectivity index (χ1n) is 7.77. The molecule has 120 valence electrons. The summed E-state index contributed by atoms with van der Waals surface area (Å²) < 4.78 is 5.40. The Balaban J connectivity index is 1.79. The van der Waals surface area contributed by atoms with Gasteiger partial charge in [-0.3, -0.25) is 9.69 Å². The largest absolute Gasteiger partial charge is 0.444 e. The van der Waals surface area contributed by atoms with Crippen molar-refractivity contribution in [2.75, 3.05) is 26.2 Å². The lowest BCUT2D eigenvalue weighted by Gasteiger charge is -2.37. The van der Waals surface area contributed by atoms with Gasteiger partial charge in [-0.05, 0) is 46.6 Å². The van der Waals surface area contributed by atoms with E-state index in [1.165, 1.54) is 0 Å². The van der Waals surface area contributed by atoms with Gasteiger partial charge in [-0.1, -0.05) is 0 Å². The minimum Gasteiger partial charge on any atom is -0.444 e. The minimum atomic E-state index is -0.447. The molecule has 0 aliphatic carbocycles. The molecule has 0 radical (unpaired) electrons. The Kier molecular flexibility index (Phi) is 4.76. The van der Waals surface area contributed by atoms with Gasteiger partial charge in [0.25, 0.3) is 0 Å². The van der Waals surface area contributed by atoms with E-state index < -0.39 is 5.60 Å². The molecule has 2 saturated heterocycles. The van der Waals surface area contributed by atoms with Crippen LogP contribution in [0.4, 0.5) is 4.79 Å². The second-order valence-electron chi connectivity index (χ2n) is 7.08. The van der Waals surface area contributed by atoms with Crippen LogP contribution in [0.1, 0.15) is 40.0 Å². The zero-order valence-corrected chi connectivity index (χ0v) is 13.3. The minimum absolute atomic E-state index is 0.00566. The van der Waals surface area contributed by atoms with E-state index in [0.717, 1.165) is 45.4 Å². The lowest BCUT2D eigenvalue weighted by Crippen LogP contribution is -2.47. The van der Waals surface area contributed by atoms with Crippen LogP contribution in [0.15, 0.2) is 0 Å². The summed E-state index contributed by atoms with van der Waals surface area (Å²) in [6.07, 6.45) is 2.51. The van der Waals surface area contributed by atoms with Gasteiger partial charge >= 0.3 is 6.09 Å². The van der Waals surface area contributed by atoms with E-state index >= 15 is 0 Å². The maximum Gasteiger partial charge on any atom is 0.410 e. The first-order valence-corrected chi connectivity index (χ1v) is 7.77. The molecule has 0 bridgehead atoms. The monoisotopic (exact) mass is 297 g/mol. The summed E-state index contributed by atoms with van der Waals surface area (Å²) in [4.78, 5) is 27.4. The smallest absolute Gasteiger partial charge is 0.410 e. The van der Waals surface area contributed by atoms with Crippen LogP contribution in [0.25, 0.3) is 0 Å². The van der Waals surface area contributed by atoms with Crippen LogP contribution < -0.4 is 5.73 Å². The predicted octanol–water partition coefficient (Wildman–Crippen LogP) is 1.19. The van der Waals surface area contributed by atoms with Crippen molar-refractivity contribution in [3.05, 3.63) is 0 Å². The van der Waals surface area contributed by atoms with E-state index in [0.29, 0.717) is 6.04 Å². The molecule has 1 atom stereocenters. The van der Waals surface area contributed by atoms with E-state index in [2.05, 4.69) is 4.90 Å². The second kappa shape index (κ2) is 6.22. The van der Waals surface area contributed by atoms with Gasteiger partial charge in [0.1, 0.15) is 5.60 Å². The molecule has 0 aromatic carbocycles. The molecule has 2 N–H and O–H groups in total. The molecular weight excluding hydrogens is 270 g/mol. The van der Waals surface area contributed by atoms with Gasteiger partial charge in [0.2, 0.25) is 5.91 Å². The van der Waals surface area contributed by atoms with Crippen LogP contribution in [0.2, 0.25) is 0 Å². The number of carbonyl (C=O) groups excluding carboxylic acids is 2. The Morgan fingerprint density at radius 3 is 2.19 bits per heavy atom. The highest BCUT2D eigenvalue weighted by molar-refractivity contribution is 5.77. The quantitative estimate of drug-likeness (QED) is 0.831. The van der Waals surface area contributed by atoms with Crippen molar-refractivity contribution in [3.63, 3.8) is 0 Å². The van der Waals surface area contributed by atoms with Gasteiger partial charge in [0.15, 0.2) is 0 Å². The van der Waals surface area contributed by atoms with Crippen molar-refractivity contribution < 1.29 is 14.3 Å². The standard InChI is InChI=1S/C15H27N3O3/c1-15(2,3)21-14(20)17-8-5-12(6-9-17)18-7-4-11(10-18)13(16)19/h11-12H,4-10H2,1-3H3,(H2,16,19)/t11-/m0/s1. The molecule has 0 saturated carbocycles. The lowest BCUT2D eigenvalue weighted by molar-refractivity contribution is -0.121. The van der Waals surface area contributed by atoms with E-state index in [-0.39, 0.29) is 17.9 Å². The third-order valence-corrected chi connectivity index (χ3v) is 4.25. The number of amides is 2. The van der Waals surface area contributed by atoms with E-state index in [1.807, 2.05) is 20.8 Å². The van der Waals surface area contributed by atoms with E-state index in [1.54, 1.807) is 4.90 Å². The first-order chi connectivity index (χ1) is 9.76. The molecule has 0 aromatic rings. The van der Waals surface area contributed by atoms with Gasteiger partial charge in [-0.25, -0.2) is 4.79 Å². The summed E-state index contributed by atoms with van der Waals surface area (Å²) in [6.45, 7) is 8.79. The van der Waals surface area contributed by atoms with Crippen LogP contribution in [-0.4, -0.2) is 59.6 Å². The molecule has 2 amide bonds. The third-order valence-electron chi connectivity index (χ3n) is 4.25. The molecule has 0 spiro atoms. The topological polar surface area (TPSA) is 75.9 Å². The summed E-state index contributed by atoms with van der Waals surface area (Å²) in [5.74, 6) is -0.197. The molecule has 0 unspecified atom stereocenters. The van der Waals surface area contributed by atoms with Crippen LogP contribution in [-0.2, 0) is 9.53 Å². The van der Waals surface area contributed by atoms with Gasteiger partial charge < -0.3 is 15.4 Å². The Bertz CT molecular complexity index is 397. The Morgan fingerprint density at radius 1 is 1.10 bits per heavy atom. The summed E-state index contributed by atoms with van der Waals surface area (Å²) in [5.41, 5.74) is 4.93. The molecule has 2 heterocycles. The van der Waals surface area contributed by atoms with Crippen LogP contribution in [0.5, 0.6) is 0 Å². The van der Waals surface area contributed by atoms with Crippen LogP contribution in [0, 0.1) is 5.92 Å². The van der Waals surface area contributed by atoms with Gasteiger partial charge in [-0.15, -0.1) is 0 Å². The third kappa shape index (κ3) is 4.33. The van der Waals surface area contributed by atoms with Crippen molar-refractivity contribution in [2.24, 2.45) is 11.7 Å². The predicted molar refractivity (Wildman–Crippen MR) is 79.7 cm³/mol. The number of rotatable bonds is 2. The SMILES string of the molecule is CC(C)(C)OC(=O)N1CCC(N2CC[C@H](C(N)=O)C2)CC1. The molecule has 2 aliphatic rings. The molecule has 2 fully saturated rings. The molecule has 6 nitrogen and oxygen atoms in total. The molecular formula is C15H27N3O3. The Hall–Kier alpha value is -1.30. The summed E-state index contributed by atoms with van der Waals surface area (Å²) >= 11 is 0. The number of hydrogen-bond donors (Lipinski definition) is 1. The molecule has 21 heavy (non-hydrogen) atoms. The fourth-order valence-electron chi connectivity index (χ4n) is 3.09. The molecule has 0 aromatic heterocycles. The second-order valence-corrected chi connectivity index (χ2v) is 7.08. The Morgan fingerprint density at radius 2 is 1.71 bits per heavy atom. The highest BCUT2D eigenvalue weighted by Crippen LogP contribution is 2.25. The van der Waals surface area contributed by atoms with E-state index in [9.17, 15) is 9.59 Å². The van der Waals surface area contributed by atoms with E-state index in [4.69, 9.17) is 10.5 Å². The number of piperidine rings is 1. The maximum atomic E-state index is 12.0. The zero-order valence-electron chi connectivity index (χ0n) is 13.3. The summed E-state index contributed by atoms with van der Waals surface area (Å²) in [7, 11) is 0. The number of ether oxygens (including phenoxy) is 1. The first kappa shape index (κ1) is 16.1. The number of likely N-dealkylation sites (tertiary alicyclic amines) is 2.